The summed E-state index contributed by atoms with van der Waals surface area (Å²) in [5.74, 6) is -0.0507. The molecule has 0 saturated heterocycles. The van der Waals surface area contributed by atoms with Crippen LogP contribution in [0.5, 0.6) is 11.5 Å². The normalized spacial score (nSPS) is 11.4. The largest absolute Gasteiger partial charge is 0.481 e. The molecule has 2 aromatic rings. The Morgan fingerprint density at radius 3 is 2.28 bits per heavy atom. The lowest BCUT2D eigenvalue weighted by Gasteiger charge is -2.20. The van der Waals surface area contributed by atoms with Gasteiger partial charge in [0.1, 0.15) is 11.5 Å². The summed E-state index contributed by atoms with van der Waals surface area (Å²) in [6, 6.07) is 16.6. The third-order valence-electron chi connectivity index (χ3n) is 3.66. The standard InChI is InChI=1S/C19H22N2O4/c1-14(18(22)23)13-21(2)19(24)20-12-15-8-10-17(11-9-15)25-16-6-4-3-5-7-16/h3-11,14H,12-13H2,1-2H3,(H,20,24)(H,22,23). The number of nitrogens with one attached hydrogen (secondary N) is 1. The van der Waals surface area contributed by atoms with Crippen LogP contribution in [0.15, 0.2) is 54.6 Å². The third kappa shape index (κ3) is 5.84. The van der Waals surface area contributed by atoms with Gasteiger partial charge in [-0.15, -0.1) is 0 Å². The lowest BCUT2D eigenvalue weighted by Crippen LogP contribution is -2.40. The van der Waals surface area contributed by atoms with Crippen LogP contribution in [-0.2, 0) is 11.3 Å². The number of carboxylic acids is 1. The number of hydrogen-bond acceptors (Lipinski definition) is 3. The molecular formula is C19H22N2O4. The number of aliphatic carboxylic acids is 1. The second-order valence-electron chi connectivity index (χ2n) is 5.84. The molecule has 6 heteroatoms. The topological polar surface area (TPSA) is 78.9 Å². The van der Waals surface area contributed by atoms with E-state index in [4.69, 9.17) is 9.84 Å². The van der Waals surface area contributed by atoms with Crippen molar-refractivity contribution in [3.05, 3.63) is 60.2 Å². The Morgan fingerprint density at radius 1 is 1.08 bits per heavy atom. The van der Waals surface area contributed by atoms with Crippen molar-refractivity contribution >= 4 is 12.0 Å². The van der Waals surface area contributed by atoms with Crippen LogP contribution in [-0.4, -0.2) is 35.6 Å². The molecule has 2 N–H and O–H groups in total. The minimum atomic E-state index is -0.923. The van der Waals surface area contributed by atoms with Gasteiger partial charge in [-0.2, -0.15) is 0 Å². The van der Waals surface area contributed by atoms with Gasteiger partial charge in [-0.25, -0.2) is 4.79 Å². The van der Waals surface area contributed by atoms with Crippen molar-refractivity contribution in [1.82, 2.24) is 10.2 Å². The Kier molecular flexibility index (Phi) is 6.39. The van der Waals surface area contributed by atoms with E-state index in [9.17, 15) is 9.59 Å². The fraction of sp³-hybridized carbons (Fsp3) is 0.263. The van der Waals surface area contributed by atoms with E-state index in [1.165, 1.54) is 4.90 Å². The summed E-state index contributed by atoms with van der Waals surface area (Å²) in [5, 5.41) is 11.6. The zero-order valence-corrected chi connectivity index (χ0v) is 14.3. The molecule has 0 saturated carbocycles. The third-order valence-corrected chi connectivity index (χ3v) is 3.66. The molecule has 0 aliphatic carbocycles. The van der Waals surface area contributed by atoms with Crippen LogP contribution >= 0.6 is 0 Å². The molecule has 6 nitrogen and oxygen atoms in total. The molecule has 0 spiro atoms. The Balaban J connectivity index is 1.83. The highest BCUT2D eigenvalue weighted by Gasteiger charge is 2.16. The van der Waals surface area contributed by atoms with E-state index in [0.717, 1.165) is 11.3 Å². The minimum Gasteiger partial charge on any atom is -0.481 e. The van der Waals surface area contributed by atoms with E-state index in [0.29, 0.717) is 12.3 Å². The first-order valence-corrected chi connectivity index (χ1v) is 7.99. The van der Waals surface area contributed by atoms with Gasteiger partial charge < -0.3 is 20.1 Å². The molecule has 0 aliphatic rings. The van der Waals surface area contributed by atoms with Gasteiger partial charge in [-0.05, 0) is 29.8 Å². The Hall–Kier alpha value is -3.02. The highest BCUT2D eigenvalue weighted by atomic mass is 16.5. The van der Waals surface area contributed by atoms with Gasteiger partial charge in [0.2, 0.25) is 0 Å². The summed E-state index contributed by atoms with van der Waals surface area (Å²) in [5.41, 5.74) is 0.924. The number of nitrogens with zero attached hydrogens (tertiary/aromatic N) is 1. The summed E-state index contributed by atoms with van der Waals surface area (Å²) in [6.07, 6.45) is 0. The number of para-hydroxylation sites is 1. The molecule has 25 heavy (non-hydrogen) atoms. The van der Waals surface area contributed by atoms with E-state index in [1.54, 1.807) is 14.0 Å². The molecule has 0 radical (unpaired) electrons. The number of rotatable bonds is 7. The SMILES string of the molecule is CC(CN(C)C(=O)NCc1ccc(Oc2ccccc2)cc1)C(=O)O. The minimum absolute atomic E-state index is 0.158. The molecule has 1 atom stereocenters. The fourth-order valence-corrected chi connectivity index (χ4v) is 2.18. The first-order chi connectivity index (χ1) is 12.0. The number of amides is 2. The van der Waals surface area contributed by atoms with E-state index in [1.807, 2.05) is 54.6 Å². The molecule has 0 bridgehead atoms. The van der Waals surface area contributed by atoms with Gasteiger partial charge in [0.15, 0.2) is 0 Å². The second kappa shape index (κ2) is 8.73. The number of carboxylic acid groups (broad SMARTS) is 1. The highest BCUT2D eigenvalue weighted by Crippen LogP contribution is 2.21. The predicted octanol–water partition coefficient (Wildman–Crippen LogP) is 3.34. The maximum absolute atomic E-state index is 12.0. The molecule has 1 unspecified atom stereocenters. The molecule has 0 aliphatic heterocycles. The quantitative estimate of drug-likeness (QED) is 0.809. The van der Waals surface area contributed by atoms with Gasteiger partial charge in [0, 0.05) is 20.1 Å². The smallest absolute Gasteiger partial charge is 0.317 e. The zero-order valence-electron chi connectivity index (χ0n) is 14.3. The fourth-order valence-electron chi connectivity index (χ4n) is 2.18. The van der Waals surface area contributed by atoms with Crippen LogP contribution in [0.25, 0.3) is 0 Å². The van der Waals surface area contributed by atoms with Crippen molar-refractivity contribution in [3.8, 4) is 11.5 Å². The van der Waals surface area contributed by atoms with Crippen LogP contribution in [0.4, 0.5) is 4.79 Å². The maximum atomic E-state index is 12.0. The van der Waals surface area contributed by atoms with E-state index >= 15 is 0 Å². The summed E-state index contributed by atoms with van der Waals surface area (Å²) < 4.78 is 5.71. The number of carbonyl (C=O) groups is 2. The maximum Gasteiger partial charge on any atom is 0.317 e. The van der Waals surface area contributed by atoms with Crippen molar-refractivity contribution in [1.29, 1.82) is 0 Å². The van der Waals surface area contributed by atoms with E-state index in [2.05, 4.69) is 5.32 Å². The summed E-state index contributed by atoms with van der Waals surface area (Å²) in [4.78, 5) is 24.2. The summed E-state index contributed by atoms with van der Waals surface area (Å²) >= 11 is 0. The van der Waals surface area contributed by atoms with Gasteiger partial charge in [-0.3, -0.25) is 4.79 Å². The number of carbonyl (C=O) groups excluding carboxylic acids is 1. The molecule has 2 amide bonds. The number of benzene rings is 2. The van der Waals surface area contributed by atoms with Crippen LogP contribution in [0.2, 0.25) is 0 Å². The molecule has 2 aromatic carbocycles. The van der Waals surface area contributed by atoms with Crippen LogP contribution in [0.3, 0.4) is 0 Å². The van der Waals surface area contributed by atoms with Gasteiger partial charge in [0.25, 0.3) is 0 Å². The van der Waals surface area contributed by atoms with Crippen molar-refractivity contribution < 1.29 is 19.4 Å². The van der Waals surface area contributed by atoms with Crippen LogP contribution in [0, 0.1) is 5.92 Å². The first-order valence-electron chi connectivity index (χ1n) is 7.99. The van der Waals surface area contributed by atoms with Crippen LogP contribution < -0.4 is 10.1 Å². The number of urea groups is 1. The lowest BCUT2D eigenvalue weighted by atomic mass is 10.2. The molecule has 0 heterocycles. The Morgan fingerprint density at radius 2 is 1.68 bits per heavy atom. The van der Waals surface area contributed by atoms with E-state index < -0.39 is 11.9 Å². The lowest BCUT2D eigenvalue weighted by molar-refractivity contribution is -0.141. The zero-order chi connectivity index (χ0) is 18.2. The van der Waals surface area contributed by atoms with Crippen molar-refractivity contribution in [2.24, 2.45) is 5.92 Å². The van der Waals surface area contributed by atoms with E-state index in [-0.39, 0.29) is 12.6 Å². The highest BCUT2D eigenvalue weighted by molar-refractivity contribution is 5.75. The molecular weight excluding hydrogens is 320 g/mol. The average molecular weight is 342 g/mol. The average Bonchev–Trinajstić information content (AvgIpc) is 2.61. The van der Waals surface area contributed by atoms with Crippen molar-refractivity contribution in [2.45, 2.75) is 13.5 Å². The van der Waals surface area contributed by atoms with Gasteiger partial charge in [0.05, 0.1) is 5.92 Å². The molecule has 0 fully saturated rings. The second-order valence-corrected chi connectivity index (χ2v) is 5.84. The number of ether oxygens (including phenoxy) is 1. The number of hydrogen-bond donors (Lipinski definition) is 2. The molecule has 2 rings (SSSR count). The summed E-state index contributed by atoms with van der Waals surface area (Å²) in [6.45, 7) is 2.08. The van der Waals surface area contributed by atoms with Gasteiger partial charge >= 0.3 is 12.0 Å². The van der Waals surface area contributed by atoms with Gasteiger partial charge in [-0.1, -0.05) is 37.3 Å². The Labute approximate surface area is 147 Å². The summed E-state index contributed by atoms with van der Waals surface area (Å²) in [7, 11) is 1.57. The molecule has 132 valence electrons. The van der Waals surface area contributed by atoms with Crippen LogP contribution in [0.1, 0.15) is 12.5 Å². The van der Waals surface area contributed by atoms with Crippen molar-refractivity contribution in [3.63, 3.8) is 0 Å². The van der Waals surface area contributed by atoms with Crippen molar-refractivity contribution in [2.75, 3.05) is 13.6 Å². The molecule has 0 aromatic heterocycles. The monoisotopic (exact) mass is 342 g/mol. The first kappa shape index (κ1) is 18.3. The predicted molar refractivity (Wildman–Crippen MR) is 94.6 cm³/mol. The Bertz CT molecular complexity index is 701.